The van der Waals surface area contributed by atoms with Gasteiger partial charge in [0.2, 0.25) is 5.95 Å². The number of aromatic nitrogens is 2. The Morgan fingerprint density at radius 3 is 2.41 bits per heavy atom. The summed E-state index contributed by atoms with van der Waals surface area (Å²) in [6.07, 6.45) is -3.22. The highest BCUT2D eigenvalue weighted by Crippen LogP contribution is 2.41. The highest BCUT2D eigenvalue weighted by atomic mass is 35.5. The molecule has 1 aliphatic heterocycles. The van der Waals surface area contributed by atoms with E-state index in [9.17, 15) is 18.0 Å². The average molecular weight is 428 g/mol. The molecule has 2 heterocycles. The first-order valence-corrected chi connectivity index (χ1v) is 9.37. The number of rotatable bonds is 3. The molecule has 1 amide bonds. The molecule has 0 saturated carbocycles. The second kappa shape index (κ2) is 7.46. The van der Waals surface area contributed by atoms with E-state index >= 15 is 0 Å². The smallest absolute Gasteiger partial charge is 0.364 e. The molecule has 29 heavy (non-hydrogen) atoms. The molecule has 10 heteroatoms. The maximum Gasteiger partial charge on any atom is 0.417 e. The van der Waals surface area contributed by atoms with E-state index in [1.54, 1.807) is 6.92 Å². The number of anilines is 1. The number of hydrogen-bond donors (Lipinski definition) is 2. The molecule has 0 radical (unpaired) electrons. The first-order valence-electron chi connectivity index (χ1n) is 8.99. The predicted octanol–water partition coefficient (Wildman–Crippen LogP) is 3.54. The summed E-state index contributed by atoms with van der Waals surface area (Å²) in [5, 5.41) is -0.529. The molecule has 156 valence electrons. The molecular formula is C19H21ClF3N5O. The van der Waals surface area contributed by atoms with Crippen LogP contribution in [0.3, 0.4) is 0 Å². The largest absolute Gasteiger partial charge is 0.417 e. The van der Waals surface area contributed by atoms with Gasteiger partial charge in [0.15, 0.2) is 0 Å². The third-order valence-electron chi connectivity index (χ3n) is 5.07. The number of nitrogens with two attached hydrogens (primary N) is 2. The lowest BCUT2D eigenvalue weighted by molar-refractivity contribution is -0.137. The molecule has 0 unspecified atom stereocenters. The zero-order valence-corrected chi connectivity index (χ0v) is 16.7. The Hall–Kier alpha value is -2.39. The molecule has 0 aliphatic carbocycles. The summed E-state index contributed by atoms with van der Waals surface area (Å²) in [7, 11) is 0. The van der Waals surface area contributed by atoms with Gasteiger partial charge in [0.25, 0.3) is 5.91 Å². The molecule has 1 fully saturated rings. The molecule has 0 atom stereocenters. The highest BCUT2D eigenvalue weighted by molar-refractivity contribution is 6.34. The number of carbonyl (C=O) groups is 1. The number of nitrogens with zero attached hydrogens (tertiary/aromatic N) is 3. The third-order valence-corrected chi connectivity index (χ3v) is 5.48. The number of amides is 1. The van der Waals surface area contributed by atoms with Gasteiger partial charge in [-0.2, -0.15) is 13.2 Å². The number of aryl methyl sites for hydroxylation is 1. The molecule has 4 N–H and O–H groups in total. The number of piperidine rings is 1. The SMILES string of the molecule is Cc1nc(N2CCC(C)(N)CC2)nc(C(N)=O)c1-c1cccc(C(F)(F)F)c1Cl. The van der Waals surface area contributed by atoms with Crippen LogP contribution >= 0.6 is 11.6 Å². The monoisotopic (exact) mass is 427 g/mol. The Kier molecular flexibility index (Phi) is 5.48. The Labute approximate surface area is 171 Å². The molecule has 6 nitrogen and oxygen atoms in total. The second-order valence-electron chi connectivity index (χ2n) is 7.50. The standard InChI is InChI=1S/C19H21ClF3N5O/c1-10-13(11-4-3-5-12(14(11)20)19(21,22)23)15(16(24)29)27-17(26-10)28-8-6-18(2,25)7-9-28/h3-5H,6-9,25H2,1-2H3,(H2,24,29). The van der Waals surface area contributed by atoms with Gasteiger partial charge in [0.05, 0.1) is 16.3 Å². The van der Waals surface area contributed by atoms with Gasteiger partial charge in [0, 0.05) is 29.8 Å². The Morgan fingerprint density at radius 2 is 1.86 bits per heavy atom. The molecule has 3 rings (SSSR count). The van der Waals surface area contributed by atoms with Crippen molar-refractivity contribution in [1.29, 1.82) is 0 Å². The van der Waals surface area contributed by atoms with E-state index in [1.807, 2.05) is 11.8 Å². The molecule has 1 saturated heterocycles. The van der Waals surface area contributed by atoms with Crippen LogP contribution < -0.4 is 16.4 Å². The van der Waals surface area contributed by atoms with Crippen LogP contribution in [0.2, 0.25) is 5.02 Å². The Balaban J connectivity index is 2.11. The van der Waals surface area contributed by atoms with Gasteiger partial charge in [-0.3, -0.25) is 4.79 Å². The van der Waals surface area contributed by atoms with E-state index in [-0.39, 0.29) is 22.4 Å². The molecule has 0 spiro atoms. The van der Waals surface area contributed by atoms with Crippen LogP contribution in [-0.2, 0) is 6.18 Å². The van der Waals surface area contributed by atoms with Crippen molar-refractivity contribution in [1.82, 2.24) is 9.97 Å². The minimum Gasteiger partial charge on any atom is -0.364 e. The van der Waals surface area contributed by atoms with Crippen molar-refractivity contribution in [2.75, 3.05) is 18.0 Å². The maximum absolute atomic E-state index is 13.2. The van der Waals surface area contributed by atoms with Gasteiger partial charge in [-0.25, -0.2) is 9.97 Å². The fourth-order valence-electron chi connectivity index (χ4n) is 3.36. The fourth-order valence-corrected chi connectivity index (χ4v) is 3.69. The number of hydrogen-bond acceptors (Lipinski definition) is 5. The molecule has 0 bridgehead atoms. The van der Waals surface area contributed by atoms with Gasteiger partial charge < -0.3 is 16.4 Å². The summed E-state index contributed by atoms with van der Waals surface area (Å²) in [6.45, 7) is 4.73. The van der Waals surface area contributed by atoms with Gasteiger partial charge in [-0.15, -0.1) is 0 Å². The van der Waals surface area contributed by atoms with Crippen molar-refractivity contribution >= 4 is 23.5 Å². The van der Waals surface area contributed by atoms with E-state index in [0.717, 1.165) is 6.07 Å². The first kappa shape index (κ1) is 21.3. The molecule has 1 aliphatic rings. The van der Waals surface area contributed by atoms with Gasteiger partial charge >= 0.3 is 6.18 Å². The lowest BCUT2D eigenvalue weighted by Crippen LogP contribution is -2.48. The number of carbonyl (C=O) groups excluding carboxylic acids is 1. The number of halogens is 4. The molecular weight excluding hydrogens is 407 g/mol. The summed E-state index contributed by atoms with van der Waals surface area (Å²) < 4.78 is 39.7. The van der Waals surface area contributed by atoms with E-state index in [1.165, 1.54) is 12.1 Å². The maximum atomic E-state index is 13.2. The van der Waals surface area contributed by atoms with Gasteiger partial charge in [-0.05, 0) is 32.8 Å². The van der Waals surface area contributed by atoms with Crippen LogP contribution in [0.15, 0.2) is 18.2 Å². The van der Waals surface area contributed by atoms with Crippen LogP contribution in [0.5, 0.6) is 0 Å². The van der Waals surface area contributed by atoms with E-state index in [0.29, 0.717) is 37.6 Å². The van der Waals surface area contributed by atoms with Crippen molar-refractivity contribution < 1.29 is 18.0 Å². The first-order chi connectivity index (χ1) is 13.4. The van der Waals surface area contributed by atoms with Crippen molar-refractivity contribution in [2.24, 2.45) is 11.5 Å². The topological polar surface area (TPSA) is 98.1 Å². The molecule has 2 aromatic rings. The van der Waals surface area contributed by atoms with Gasteiger partial charge in [-0.1, -0.05) is 23.7 Å². The van der Waals surface area contributed by atoms with Gasteiger partial charge in [0.1, 0.15) is 5.69 Å². The van der Waals surface area contributed by atoms with E-state index < -0.39 is 22.7 Å². The summed E-state index contributed by atoms with van der Waals surface area (Å²) >= 11 is 6.04. The Bertz CT molecular complexity index is 952. The third kappa shape index (κ3) is 4.30. The minimum absolute atomic E-state index is 0.00696. The molecule has 1 aromatic carbocycles. The van der Waals surface area contributed by atoms with Crippen molar-refractivity contribution in [3.63, 3.8) is 0 Å². The number of alkyl halides is 3. The van der Waals surface area contributed by atoms with Crippen molar-refractivity contribution in [3.05, 3.63) is 40.2 Å². The zero-order chi connectivity index (χ0) is 21.6. The number of primary amides is 1. The Morgan fingerprint density at radius 1 is 1.24 bits per heavy atom. The summed E-state index contributed by atoms with van der Waals surface area (Å²) in [6, 6.07) is 3.48. The summed E-state index contributed by atoms with van der Waals surface area (Å²) in [5.74, 6) is -0.584. The average Bonchev–Trinajstić information content (AvgIpc) is 2.60. The highest BCUT2D eigenvalue weighted by Gasteiger charge is 2.35. The van der Waals surface area contributed by atoms with Crippen molar-refractivity contribution in [3.8, 4) is 11.1 Å². The minimum atomic E-state index is -4.64. The summed E-state index contributed by atoms with van der Waals surface area (Å²) in [4.78, 5) is 22.7. The van der Waals surface area contributed by atoms with E-state index in [4.69, 9.17) is 23.1 Å². The predicted molar refractivity (Wildman–Crippen MR) is 105 cm³/mol. The fraction of sp³-hybridized carbons (Fsp3) is 0.421. The second-order valence-corrected chi connectivity index (χ2v) is 7.88. The lowest BCUT2D eigenvalue weighted by Gasteiger charge is -2.37. The van der Waals surface area contributed by atoms with Crippen LogP contribution in [0.1, 0.15) is 41.5 Å². The normalized spacial score (nSPS) is 16.7. The van der Waals surface area contributed by atoms with Crippen LogP contribution in [0.25, 0.3) is 11.1 Å². The van der Waals surface area contributed by atoms with Crippen LogP contribution in [0, 0.1) is 6.92 Å². The lowest BCUT2D eigenvalue weighted by atomic mass is 9.91. The van der Waals surface area contributed by atoms with Crippen LogP contribution in [-0.4, -0.2) is 34.5 Å². The van der Waals surface area contributed by atoms with E-state index in [2.05, 4.69) is 9.97 Å². The van der Waals surface area contributed by atoms with Crippen molar-refractivity contribution in [2.45, 2.75) is 38.4 Å². The number of benzene rings is 1. The van der Waals surface area contributed by atoms with Crippen LogP contribution in [0.4, 0.5) is 19.1 Å². The summed E-state index contributed by atoms with van der Waals surface area (Å²) in [5.41, 5.74) is 10.6. The quantitative estimate of drug-likeness (QED) is 0.780. The molecule has 1 aromatic heterocycles. The zero-order valence-electron chi connectivity index (χ0n) is 16.0.